The first-order valence-corrected chi connectivity index (χ1v) is 9.85. The molecular weight excluding hydrogens is 404 g/mol. The number of anilines is 2. The molecule has 2 aromatic rings. The second-order valence-corrected chi connectivity index (χ2v) is 7.14. The third-order valence-corrected chi connectivity index (χ3v) is 5.27. The standard InChI is InChI=1S/C22H24N2O7/c1-27-18-9-14(10-19(28-2)21(18)29-3)23-22(26)13-8-20(25)24(12-13)15-4-5-16-17(11-15)31-7-6-30-16/h4-5,9-11,13H,6-8,12H2,1-3H3,(H,23,26). The average molecular weight is 428 g/mol. The number of fused-ring (bicyclic) bond motifs is 1. The highest BCUT2D eigenvalue weighted by molar-refractivity contribution is 6.03. The molecule has 2 heterocycles. The second kappa shape index (κ2) is 8.63. The Morgan fingerprint density at radius 1 is 1.00 bits per heavy atom. The maximum atomic E-state index is 12.9. The predicted octanol–water partition coefficient (Wildman–Crippen LogP) is 2.48. The van der Waals surface area contributed by atoms with Crippen molar-refractivity contribution >= 4 is 23.2 Å². The van der Waals surface area contributed by atoms with E-state index in [1.807, 2.05) is 0 Å². The van der Waals surface area contributed by atoms with E-state index in [4.69, 9.17) is 23.7 Å². The molecule has 1 fully saturated rings. The van der Waals surface area contributed by atoms with Gasteiger partial charge in [-0.3, -0.25) is 9.59 Å². The van der Waals surface area contributed by atoms with Crippen molar-refractivity contribution in [3.8, 4) is 28.7 Å². The number of hydrogen-bond acceptors (Lipinski definition) is 7. The fourth-order valence-corrected chi connectivity index (χ4v) is 3.73. The molecule has 9 nitrogen and oxygen atoms in total. The lowest BCUT2D eigenvalue weighted by Gasteiger charge is -2.22. The summed E-state index contributed by atoms with van der Waals surface area (Å²) in [5.41, 5.74) is 1.17. The highest BCUT2D eigenvalue weighted by Crippen LogP contribution is 2.40. The number of rotatable bonds is 6. The molecule has 2 aliphatic rings. The lowest BCUT2D eigenvalue weighted by Crippen LogP contribution is -2.28. The average Bonchev–Trinajstić information content (AvgIpc) is 3.19. The first kappa shape index (κ1) is 20.6. The van der Waals surface area contributed by atoms with Gasteiger partial charge in [-0.05, 0) is 12.1 Å². The van der Waals surface area contributed by atoms with Crippen LogP contribution < -0.4 is 33.9 Å². The van der Waals surface area contributed by atoms with Gasteiger partial charge < -0.3 is 33.9 Å². The van der Waals surface area contributed by atoms with Crippen LogP contribution in [0.4, 0.5) is 11.4 Å². The molecule has 1 atom stereocenters. The topological polar surface area (TPSA) is 95.6 Å². The number of nitrogens with one attached hydrogen (secondary N) is 1. The van der Waals surface area contributed by atoms with Crippen LogP contribution in [0.1, 0.15) is 6.42 Å². The molecule has 0 saturated carbocycles. The fourth-order valence-electron chi connectivity index (χ4n) is 3.73. The van der Waals surface area contributed by atoms with Crippen molar-refractivity contribution in [3.05, 3.63) is 30.3 Å². The number of methoxy groups -OCH3 is 3. The Morgan fingerprint density at radius 3 is 2.32 bits per heavy atom. The van der Waals surface area contributed by atoms with Gasteiger partial charge in [0, 0.05) is 42.5 Å². The summed E-state index contributed by atoms with van der Waals surface area (Å²) < 4.78 is 27.1. The Balaban J connectivity index is 1.49. The molecule has 0 aliphatic carbocycles. The van der Waals surface area contributed by atoms with Gasteiger partial charge in [0.2, 0.25) is 17.6 Å². The largest absolute Gasteiger partial charge is 0.493 e. The first-order valence-electron chi connectivity index (χ1n) is 9.85. The predicted molar refractivity (Wildman–Crippen MR) is 113 cm³/mol. The van der Waals surface area contributed by atoms with Gasteiger partial charge in [0.1, 0.15) is 13.2 Å². The first-order chi connectivity index (χ1) is 15.0. The summed E-state index contributed by atoms with van der Waals surface area (Å²) >= 11 is 0. The summed E-state index contributed by atoms with van der Waals surface area (Å²) in [5.74, 6) is 1.66. The van der Waals surface area contributed by atoms with E-state index in [9.17, 15) is 9.59 Å². The van der Waals surface area contributed by atoms with Gasteiger partial charge in [-0.25, -0.2) is 0 Å². The minimum Gasteiger partial charge on any atom is -0.493 e. The third-order valence-electron chi connectivity index (χ3n) is 5.27. The molecule has 2 aliphatic heterocycles. The molecule has 1 unspecified atom stereocenters. The zero-order chi connectivity index (χ0) is 22.0. The summed E-state index contributed by atoms with van der Waals surface area (Å²) in [6.45, 7) is 1.23. The fraction of sp³-hybridized carbons (Fsp3) is 0.364. The van der Waals surface area contributed by atoms with Gasteiger partial charge in [0.05, 0.1) is 27.2 Å². The van der Waals surface area contributed by atoms with Gasteiger partial charge in [-0.15, -0.1) is 0 Å². The van der Waals surface area contributed by atoms with Gasteiger partial charge in [-0.2, -0.15) is 0 Å². The van der Waals surface area contributed by atoms with Crippen molar-refractivity contribution in [2.45, 2.75) is 6.42 Å². The minimum atomic E-state index is -0.500. The summed E-state index contributed by atoms with van der Waals surface area (Å²) in [5, 5.41) is 2.85. The Labute approximate surface area is 179 Å². The van der Waals surface area contributed by atoms with Crippen molar-refractivity contribution in [2.24, 2.45) is 5.92 Å². The van der Waals surface area contributed by atoms with E-state index in [-0.39, 0.29) is 24.8 Å². The highest BCUT2D eigenvalue weighted by Gasteiger charge is 2.36. The smallest absolute Gasteiger partial charge is 0.229 e. The van der Waals surface area contributed by atoms with E-state index >= 15 is 0 Å². The van der Waals surface area contributed by atoms with Crippen LogP contribution in [0.3, 0.4) is 0 Å². The van der Waals surface area contributed by atoms with E-state index in [1.165, 1.54) is 21.3 Å². The summed E-state index contributed by atoms with van der Waals surface area (Å²) in [6.07, 6.45) is 0.116. The molecule has 0 bridgehead atoms. The number of benzene rings is 2. The lowest BCUT2D eigenvalue weighted by atomic mass is 10.1. The molecule has 2 amide bonds. The molecule has 0 spiro atoms. The summed E-state index contributed by atoms with van der Waals surface area (Å²) in [7, 11) is 4.52. The lowest BCUT2D eigenvalue weighted by molar-refractivity contribution is -0.122. The Hall–Kier alpha value is -3.62. The molecule has 2 aromatic carbocycles. The van der Waals surface area contributed by atoms with Crippen LogP contribution in [0.15, 0.2) is 30.3 Å². The third kappa shape index (κ3) is 4.03. The number of amides is 2. The Kier molecular flexibility index (Phi) is 5.75. The van der Waals surface area contributed by atoms with Crippen LogP contribution in [0, 0.1) is 5.92 Å². The molecule has 1 N–H and O–H groups in total. The molecule has 4 rings (SSSR count). The molecule has 1 saturated heterocycles. The van der Waals surface area contributed by atoms with Crippen molar-refractivity contribution in [2.75, 3.05) is 51.3 Å². The van der Waals surface area contributed by atoms with Gasteiger partial charge in [0.25, 0.3) is 0 Å². The van der Waals surface area contributed by atoms with Gasteiger partial charge >= 0.3 is 0 Å². The van der Waals surface area contributed by atoms with Crippen LogP contribution in [0.5, 0.6) is 28.7 Å². The van der Waals surface area contributed by atoms with Crippen molar-refractivity contribution in [3.63, 3.8) is 0 Å². The SMILES string of the molecule is COc1cc(NC(=O)C2CC(=O)N(c3ccc4c(c3)OCCO4)C2)cc(OC)c1OC. The highest BCUT2D eigenvalue weighted by atomic mass is 16.6. The van der Waals surface area contributed by atoms with Gasteiger partial charge in [-0.1, -0.05) is 0 Å². The summed E-state index contributed by atoms with van der Waals surface area (Å²) in [4.78, 5) is 27.1. The Morgan fingerprint density at radius 2 is 1.68 bits per heavy atom. The normalized spacial score (nSPS) is 17.3. The van der Waals surface area contributed by atoms with E-state index in [2.05, 4.69) is 5.32 Å². The molecule has 164 valence electrons. The number of carbonyl (C=O) groups excluding carboxylic acids is 2. The van der Waals surface area contributed by atoms with Crippen LogP contribution >= 0.6 is 0 Å². The monoisotopic (exact) mass is 428 g/mol. The number of hydrogen-bond donors (Lipinski definition) is 1. The molecule has 0 radical (unpaired) electrons. The van der Waals surface area contributed by atoms with E-state index in [0.717, 1.165) is 0 Å². The van der Waals surface area contributed by atoms with Crippen molar-refractivity contribution < 1.29 is 33.3 Å². The van der Waals surface area contributed by atoms with Crippen LogP contribution in [-0.2, 0) is 9.59 Å². The minimum absolute atomic E-state index is 0.116. The zero-order valence-corrected chi connectivity index (χ0v) is 17.6. The van der Waals surface area contributed by atoms with E-state index in [0.29, 0.717) is 53.3 Å². The summed E-state index contributed by atoms with van der Waals surface area (Å²) in [6, 6.07) is 8.64. The number of nitrogens with zero attached hydrogens (tertiary/aromatic N) is 1. The maximum absolute atomic E-state index is 12.9. The maximum Gasteiger partial charge on any atom is 0.229 e. The van der Waals surface area contributed by atoms with Crippen molar-refractivity contribution in [1.82, 2.24) is 0 Å². The zero-order valence-electron chi connectivity index (χ0n) is 17.6. The van der Waals surface area contributed by atoms with E-state index in [1.54, 1.807) is 35.2 Å². The molecular formula is C22H24N2O7. The van der Waals surface area contributed by atoms with Crippen LogP contribution in [0.25, 0.3) is 0 Å². The molecule has 31 heavy (non-hydrogen) atoms. The van der Waals surface area contributed by atoms with Crippen LogP contribution in [-0.4, -0.2) is 52.9 Å². The second-order valence-electron chi connectivity index (χ2n) is 7.14. The molecule has 0 aromatic heterocycles. The number of carbonyl (C=O) groups is 2. The van der Waals surface area contributed by atoms with E-state index < -0.39 is 5.92 Å². The Bertz CT molecular complexity index is 982. The quantitative estimate of drug-likeness (QED) is 0.755. The van der Waals surface area contributed by atoms with Gasteiger partial charge in [0.15, 0.2) is 23.0 Å². The van der Waals surface area contributed by atoms with Crippen molar-refractivity contribution in [1.29, 1.82) is 0 Å². The molecule has 9 heteroatoms. The van der Waals surface area contributed by atoms with Crippen LogP contribution in [0.2, 0.25) is 0 Å². The number of ether oxygens (including phenoxy) is 5.